The van der Waals surface area contributed by atoms with E-state index in [1.165, 1.54) is 5.56 Å². The standard InChI is InChI=1S/C18H27N5O.ClH/c1-4-23(5-2)13-14-6-8-15(9-7-14)18-20-17(21-24-18)16-12-19-10-11-22(16)3;/h6-9,16,19H,4-5,10-13H2,1-3H3;1H. The predicted molar refractivity (Wildman–Crippen MR) is 102 cm³/mol. The number of likely N-dealkylation sites (N-methyl/N-ethyl adjacent to an activating group) is 1. The highest BCUT2D eigenvalue weighted by molar-refractivity contribution is 5.85. The van der Waals surface area contributed by atoms with Gasteiger partial charge in [0.25, 0.3) is 5.89 Å². The van der Waals surface area contributed by atoms with Gasteiger partial charge in [-0.1, -0.05) is 31.1 Å². The molecule has 0 spiro atoms. The van der Waals surface area contributed by atoms with Crippen LogP contribution < -0.4 is 5.32 Å². The Balaban J connectivity index is 0.00000225. The second kappa shape index (κ2) is 9.29. The van der Waals surface area contributed by atoms with E-state index >= 15 is 0 Å². The normalized spacial score (nSPS) is 18.3. The first-order chi connectivity index (χ1) is 11.7. The molecule has 1 aromatic heterocycles. The Labute approximate surface area is 156 Å². The van der Waals surface area contributed by atoms with Gasteiger partial charge in [0.2, 0.25) is 0 Å². The Morgan fingerprint density at radius 2 is 1.96 bits per heavy atom. The van der Waals surface area contributed by atoms with Crippen molar-refractivity contribution in [1.82, 2.24) is 25.3 Å². The number of halogens is 1. The minimum Gasteiger partial charge on any atom is -0.334 e. The van der Waals surface area contributed by atoms with Crippen LogP contribution in [0.15, 0.2) is 28.8 Å². The number of nitrogens with one attached hydrogen (secondary N) is 1. The molecular weight excluding hydrogens is 338 g/mol. The van der Waals surface area contributed by atoms with Crippen molar-refractivity contribution in [2.75, 3.05) is 39.8 Å². The largest absolute Gasteiger partial charge is 0.334 e. The number of hydrogen-bond acceptors (Lipinski definition) is 6. The molecule has 1 saturated heterocycles. The van der Waals surface area contributed by atoms with E-state index in [4.69, 9.17) is 4.52 Å². The van der Waals surface area contributed by atoms with Crippen molar-refractivity contribution in [1.29, 1.82) is 0 Å². The monoisotopic (exact) mass is 365 g/mol. The number of rotatable bonds is 6. The Bertz CT molecular complexity index is 641. The van der Waals surface area contributed by atoms with Crippen LogP contribution in [-0.2, 0) is 6.54 Å². The molecule has 0 radical (unpaired) electrons. The highest BCUT2D eigenvalue weighted by Gasteiger charge is 2.25. The lowest BCUT2D eigenvalue weighted by Gasteiger charge is -2.30. The fourth-order valence-corrected chi connectivity index (χ4v) is 3.04. The third-order valence-electron chi connectivity index (χ3n) is 4.75. The molecular formula is C18H28ClN5O. The zero-order chi connectivity index (χ0) is 16.9. The maximum Gasteiger partial charge on any atom is 0.257 e. The van der Waals surface area contributed by atoms with E-state index in [1.54, 1.807) is 0 Å². The molecule has 25 heavy (non-hydrogen) atoms. The van der Waals surface area contributed by atoms with E-state index in [-0.39, 0.29) is 18.4 Å². The summed E-state index contributed by atoms with van der Waals surface area (Å²) < 4.78 is 5.49. The van der Waals surface area contributed by atoms with E-state index in [9.17, 15) is 0 Å². The number of aromatic nitrogens is 2. The Hall–Kier alpha value is -1.47. The molecule has 1 aliphatic heterocycles. The Morgan fingerprint density at radius 3 is 2.60 bits per heavy atom. The molecule has 1 aliphatic rings. The maximum absolute atomic E-state index is 5.49. The molecule has 1 fully saturated rings. The van der Waals surface area contributed by atoms with Crippen molar-refractivity contribution < 1.29 is 4.52 Å². The fourth-order valence-electron chi connectivity index (χ4n) is 3.04. The molecule has 0 saturated carbocycles. The van der Waals surface area contributed by atoms with Gasteiger partial charge in [-0.2, -0.15) is 4.98 Å². The average Bonchev–Trinajstić information content (AvgIpc) is 3.10. The summed E-state index contributed by atoms with van der Waals surface area (Å²) in [5.41, 5.74) is 2.28. The van der Waals surface area contributed by atoms with E-state index in [2.05, 4.69) is 70.4 Å². The van der Waals surface area contributed by atoms with Crippen molar-refractivity contribution in [2.24, 2.45) is 0 Å². The third kappa shape index (κ3) is 4.79. The third-order valence-corrected chi connectivity index (χ3v) is 4.75. The molecule has 7 heteroatoms. The van der Waals surface area contributed by atoms with Gasteiger partial charge in [-0.25, -0.2) is 0 Å². The molecule has 1 atom stereocenters. The smallest absolute Gasteiger partial charge is 0.257 e. The van der Waals surface area contributed by atoms with Crippen LogP contribution in [0.25, 0.3) is 11.5 Å². The van der Waals surface area contributed by atoms with Crippen molar-refractivity contribution in [2.45, 2.75) is 26.4 Å². The van der Waals surface area contributed by atoms with Crippen LogP contribution in [0.5, 0.6) is 0 Å². The Kier molecular flexibility index (Phi) is 7.38. The second-order valence-electron chi connectivity index (χ2n) is 6.32. The van der Waals surface area contributed by atoms with Gasteiger partial charge < -0.3 is 9.84 Å². The molecule has 1 N–H and O–H groups in total. The van der Waals surface area contributed by atoms with E-state index in [0.717, 1.165) is 50.7 Å². The molecule has 1 aromatic carbocycles. The van der Waals surface area contributed by atoms with E-state index in [0.29, 0.717) is 5.89 Å². The summed E-state index contributed by atoms with van der Waals surface area (Å²) in [5.74, 6) is 1.35. The number of piperazine rings is 1. The summed E-state index contributed by atoms with van der Waals surface area (Å²) in [7, 11) is 2.10. The van der Waals surface area contributed by atoms with Crippen LogP contribution in [0.3, 0.4) is 0 Å². The van der Waals surface area contributed by atoms with Gasteiger partial charge in [-0.3, -0.25) is 9.80 Å². The number of benzene rings is 1. The number of hydrogen-bond donors (Lipinski definition) is 1. The minimum absolute atomic E-state index is 0. The van der Waals surface area contributed by atoms with Crippen LogP contribution in [0.1, 0.15) is 31.3 Å². The molecule has 0 aliphatic carbocycles. The van der Waals surface area contributed by atoms with Crippen LogP contribution in [0.2, 0.25) is 0 Å². The van der Waals surface area contributed by atoms with Crippen molar-refractivity contribution >= 4 is 12.4 Å². The van der Waals surface area contributed by atoms with E-state index in [1.807, 2.05) is 0 Å². The Morgan fingerprint density at radius 1 is 1.24 bits per heavy atom. The van der Waals surface area contributed by atoms with E-state index < -0.39 is 0 Å². The highest BCUT2D eigenvalue weighted by Crippen LogP contribution is 2.23. The van der Waals surface area contributed by atoms with Crippen molar-refractivity contribution in [3.05, 3.63) is 35.7 Å². The molecule has 1 unspecified atom stereocenters. The van der Waals surface area contributed by atoms with Gasteiger partial charge in [-0.15, -0.1) is 12.4 Å². The maximum atomic E-state index is 5.49. The molecule has 0 bridgehead atoms. The fraction of sp³-hybridized carbons (Fsp3) is 0.556. The number of nitrogens with zero attached hydrogens (tertiary/aromatic N) is 4. The highest BCUT2D eigenvalue weighted by atomic mass is 35.5. The van der Waals surface area contributed by atoms with Gasteiger partial charge in [0.05, 0.1) is 6.04 Å². The second-order valence-corrected chi connectivity index (χ2v) is 6.32. The molecule has 6 nitrogen and oxygen atoms in total. The van der Waals surface area contributed by atoms with Crippen LogP contribution in [0.4, 0.5) is 0 Å². The lowest BCUT2D eigenvalue weighted by Crippen LogP contribution is -2.44. The SMILES string of the molecule is CCN(CC)Cc1ccc(-c2nc(C3CNCCN3C)no2)cc1.Cl. The van der Waals surface area contributed by atoms with Gasteiger partial charge in [0, 0.05) is 31.7 Å². The minimum atomic E-state index is 0. The summed E-state index contributed by atoms with van der Waals surface area (Å²) in [6.07, 6.45) is 0. The first-order valence-corrected chi connectivity index (χ1v) is 8.77. The van der Waals surface area contributed by atoms with Crippen LogP contribution in [-0.4, -0.2) is 59.7 Å². The first kappa shape index (κ1) is 19.8. The van der Waals surface area contributed by atoms with Crippen LogP contribution in [0, 0.1) is 0 Å². The lowest BCUT2D eigenvalue weighted by atomic mass is 10.1. The summed E-state index contributed by atoms with van der Waals surface area (Å²) in [6, 6.07) is 8.61. The molecule has 3 rings (SSSR count). The van der Waals surface area contributed by atoms with Gasteiger partial charge in [0.1, 0.15) is 0 Å². The van der Waals surface area contributed by atoms with Crippen LogP contribution >= 0.6 is 12.4 Å². The zero-order valence-electron chi connectivity index (χ0n) is 15.2. The summed E-state index contributed by atoms with van der Waals surface area (Å²) in [4.78, 5) is 9.26. The molecule has 138 valence electrons. The average molecular weight is 366 g/mol. The molecule has 0 amide bonds. The van der Waals surface area contributed by atoms with Gasteiger partial charge in [0.15, 0.2) is 5.82 Å². The quantitative estimate of drug-likeness (QED) is 0.849. The topological polar surface area (TPSA) is 57.4 Å². The van der Waals surface area contributed by atoms with Gasteiger partial charge in [-0.05, 0) is 37.8 Å². The van der Waals surface area contributed by atoms with Crippen molar-refractivity contribution in [3.63, 3.8) is 0 Å². The van der Waals surface area contributed by atoms with Crippen molar-refractivity contribution in [3.8, 4) is 11.5 Å². The molecule has 2 heterocycles. The summed E-state index contributed by atoms with van der Waals surface area (Å²) in [6.45, 7) is 10.3. The first-order valence-electron chi connectivity index (χ1n) is 8.77. The summed E-state index contributed by atoms with van der Waals surface area (Å²) in [5, 5.41) is 7.57. The van der Waals surface area contributed by atoms with Gasteiger partial charge >= 0.3 is 0 Å². The lowest BCUT2D eigenvalue weighted by molar-refractivity contribution is 0.190. The zero-order valence-corrected chi connectivity index (χ0v) is 16.1. The predicted octanol–water partition coefficient (Wildman–Crippen LogP) is 2.58. The molecule has 2 aromatic rings. The summed E-state index contributed by atoms with van der Waals surface area (Å²) >= 11 is 0.